The molecule has 94 valence electrons. The van der Waals surface area contributed by atoms with Gasteiger partial charge in [0.25, 0.3) is 5.91 Å². The van der Waals surface area contributed by atoms with Gasteiger partial charge in [-0.3, -0.25) is 14.9 Å². The second kappa shape index (κ2) is 4.47. The van der Waals surface area contributed by atoms with Gasteiger partial charge in [0.1, 0.15) is 0 Å². The summed E-state index contributed by atoms with van der Waals surface area (Å²) in [4.78, 5) is 15.4. The van der Waals surface area contributed by atoms with E-state index in [1.165, 1.54) is 24.5 Å². The molecule has 0 bridgehead atoms. The third-order valence-electron chi connectivity index (χ3n) is 2.11. The average molecular weight is 256 g/mol. The number of carbonyl (C=O) groups is 1. The summed E-state index contributed by atoms with van der Waals surface area (Å²) in [6, 6.07) is 2.93. The van der Waals surface area contributed by atoms with Gasteiger partial charge in [-0.05, 0) is 12.1 Å². The number of carbonyl (C=O) groups excluding carboxylic acids is 1. The molecular formula is C10H7F3N4O. The fourth-order valence-corrected chi connectivity index (χ4v) is 1.31. The second-order valence-corrected chi connectivity index (χ2v) is 3.35. The number of nitrogens with zero attached hydrogens (tertiary/aromatic N) is 2. The number of H-pyrrole nitrogens is 1. The quantitative estimate of drug-likeness (QED) is 0.864. The van der Waals surface area contributed by atoms with Crippen molar-refractivity contribution in [2.75, 3.05) is 5.32 Å². The Morgan fingerprint density at radius 3 is 2.56 bits per heavy atom. The number of hydrogen-bond donors (Lipinski definition) is 2. The topological polar surface area (TPSA) is 70.7 Å². The van der Waals surface area contributed by atoms with Crippen molar-refractivity contribution >= 4 is 11.6 Å². The molecule has 0 radical (unpaired) electrons. The molecule has 8 heteroatoms. The number of rotatable bonds is 2. The van der Waals surface area contributed by atoms with Crippen LogP contribution in [0.3, 0.4) is 0 Å². The fraction of sp³-hybridized carbons (Fsp3) is 0.100. The van der Waals surface area contributed by atoms with E-state index >= 15 is 0 Å². The summed E-state index contributed by atoms with van der Waals surface area (Å²) in [5, 5.41) is 7.32. The molecule has 2 aromatic rings. The summed E-state index contributed by atoms with van der Waals surface area (Å²) >= 11 is 0. The summed E-state index contributed by atoms with van der Waals surface area (Å²) in [5.41, 5.74) is -1.38. The molecule has 0 spiro atoms. The van der Waals surface area contributed by atoms with Gasteiger partial charge in [0.2, 0.25) is 0 Å². The van der Waals surface area contributed by atoms with Crippen LogP contribution in [0, 0.1) is 0 Å². The van der Waals surface area contributed by atoms with Crippen molar-refractivity contribution in [2.45, 2.75) is 6.18 Å². The lowest BCUT2D eigenvalue weighted by Gasteiger charge is -2.07. The van der Waals surface area contributed by atoms with Gasteiger partial charge in [0.15, 0.2) is 5.69 Å². The van der Waals surface area contributed by atoms with E-state index in [1.54, 1.807) is 5.10 Å². The number of halogens is 3. The first-order valence-corrected chi connectivity index (χ1v) is 4.80. The highest BCUT2D eigenvalue weighted by Crippen LogP contribution is 2.30. The lowest BCUT2D eigenvalue weighted by Crippen LogP contribution is -2.17. The lowest BCUT2D eigenvalue weighted by atomic mass is 10.2. The van der Waals surface area contributed by atoms with E-state index in [1.807, 2.05) is 0 Å². The molecule has 0 unspecified atom stereocenters. The maximum Gasteiger partial charge on any atom is 0.433 e. The highest BCUT2D eigenvalue weighted by Gasteiger charge is 2.37. The Hall–Kier alpha value is -2.38. The number of aromatic amines is 1. The van der Waals surface area contributed by atoms with Crippen LogP contribution in [0.25, 0.3) is 0 Å². The number of alkyl halides is 3. The highest BCUT2D eigenvalue weighted by atomic mass is 19.4. The third-order valence-corrected chi connectivity index (χ3v) is 2.11. The van der Waals surface area contributed by atoms with Crippen LogP contribution in [0.2, 0.25) is 0 Å². The Balaban J connectivity index is 2.23. The minimum absolute atomic E-state index is 0.351. The largest absolute Gasteiger partial charge is 0.433 e. The molecule has 0 aliphatic heterocycles. The minimum atomic E-state index is -4.65. The van der Waals surface area contributed by atoms with E-state index in [4.69, 9.17) is 0 Å². The van der Waals surface area contributed by atoms with Crippen molar-refractivity contribution in [3.05, 3.63) is 42.0 Å². The molecule has 0 saturated carbocycles. The Morgan fingerprint density at radius 2 is 1.94 bits per heavy atom. The summed E-state index contributed by atoms with van der Waals surface area (Å²) in [6.45, 7) is 0. The van der Waals surface area contributed by atoms with Crippen molar-refractivity contribution < 1.29 is 18.0 Å². The normalized spacial score (nSPS) is 11.3. The zero-order valence-corrected chi connectivity index (χ0v) is 8.82. The van der Waals surface area contributed by atoms with Crippen LogP contribution < -0.4 is 5.32 Å². The maximum atomic E-state index is 12.5. The molecule has 1 amide bonds. The van der Waals surface area contributed by atoms with Crippen molar-refractivity contribution in [1.29, 1.82) is 0 Å². The SMILES string of the molecule is O=C(Nc1ccncc1)c1cn[nH]c1C(F)(F)F. The van der Waals surface area contributed by atoms with Crippen LogP contribution in [0.4, 0.5) is 18.9 Å². The predicted molar refractivity (Wildman–Crippen MR) is 55.8 cm³/mol. The van der Waals surface area contributed by atoms with E-state index in [0.717, 1.165) is 6.20 Å². The summed E-state index contributed by atoms with van der Waals surface area (Å²) in [6.07, 6.45) is -0.994. The van der Waals surface area contributed by atoms with Crippen LogP contribution in [0.1, 0.15) is 16.1 Å². The van der Waals surface area contributed by atoms with E-state index in [2.05, 4.69) is 15.4 Å². The number of amides is 1. The van der Waals surface area contributed by atoms with E-state index < -0.39 is 23.3 Å². The van der Waals surface area contributed by atoms with E-state index in [9.17, 15) is 18.0 Å². The number of hydrogen-bond acceptors (Lipinski definition) is 3. The smallest absolute Gasteiger partial charge is 0.322 e. The zero-order valence-electron chi connectivity index (χ0n) is 8.82. The first-order chi connectivity index (χ1) is 8.48. The Bertz CT molecular complexity index is 550. The van der Waals surface area contributed by atoms with E-state index in [0.29, 0.717) is 5.69 Å². The van der Waals surface area contributed by atoms with Gasteiger partial charge in [-0.1, -0.05) is 0 Å². The van der Waals surface area contributed by atoms with Gasteiger partial charge in [0, 0.05) is 18.1 Å². The van der Waals surface area contributed by atoms with Gasteiger partial charge in [-0.25, -0.2) is 0 Å². The summed E-state index contributed by atoms with van der Waals surface area (Å²) in [7, 11) is 0. The van der Waals surface area contributed by atoms with Gasteiger partial charge < -0.3 is 5.32 Å². The number of nitrogens with one attached hydrogen (secondary N) is 2. The average Bonchev–Trinajstić information content (AvgIpc) is 2.79. The molecule has 0 aliphatic carbocycles. The molecular weight excluding hydrogens is 249 g/mol. The van der Waals surface area contributed by atoms with Crippen LogP contribution in [0.5, 0.6) is 0 Å². The lowest BCUT2D eigenvalue weighted by molar-refractivity contribution is -0.141. The molecule has 5 nitrogen and oxygen atoms in total. The Morgan fingerprint density at radius 1 is 1.28 bits per heavy atom. The third kappa shape index (κ3) is 2.47. The first-order valence-electron chi connectivity index (χ1n) is 4.80. The van der Waals surface area contributed by atoms with Gasteiger partial charge in [0.05, 0.1) is 11.8 Å². The molecule has 18 heavy (non-hydrogen) atoms. The summed E-state index contributed by atoms with van der Waals surface area (Å²) in [5.74, 6) is -0.887. The molecule has 2 aromatic heterocycles. The highest BCUT2D eigenvalue weighted by molar-refractivity contribution is 6.04. The van der Waals surface area contributed by atoms with Crippen molar-refractivity contribution in [1.82, 2.24) is 15.2 Å². The van der Waals surface area contributed by atoms with E-state index in [-0.39, 0.29) is 0 Å². The standard InChI is InChI=1S/C10H7F3N4O/c11-10(12,13)8-7(5-15-17-8)9(18)16-6-1-3-14-4-2-6/h1-5H,(H,15,17)(H,14,16,18). The number of aromatic nitrogens is 3. The van der Waals surface area contributed by atoms with Crippen molar-refractivity contribution in [3.8, 4) is 0 Å². The van der Waals surface area contributed by atoms with Crippen molar-refractivity contribution in [3.63, 3.8) is 0 Å². The van der Waals surface area contributed by atoms with Crippen LogP contribution in [-0.4, -0.2) is 21.1 Å². The molecule has 0 atom stereocenters. The molecule has 0 fully saturated rings. The zero-order chi connectivity index (χ0) is 13.2. The van der Waals surface area contributed by atoms with Crippen LogP contribution in [0.15, 0.2) is 30.7 Å². The molecule has 0 saturated heterocycles. The Labute approximate surface area is 99.0 Å². The van der Waals surface area contributed by atoms with Crippen molar-refractivity contribution in [2.24, 2.45) is 0 Å². The maximum absolute atomic E-state index is 12.5. The summed E-state index contributed by atoms with van der Waals surface area (Å²) < 4.78 is 37.6. The van der Waals surface area contributed by atoms with Gasteiger partial charge >= 0.3 is 6.18 Å². The first kappa shape index (κ1) is 12.1. The van der Waals surface area contributed by atoms with Gasteiger partial charge in [-0.15, -0.1) is 0 Å². The molecule has 2 rings (SSSR count). The number of pyridine rings is 1. The predicted octanol–water partition coefficient (Wildman–Crippen LogP) is 2.08. The number of anilines is 1. The van der Waals surface area contributed by atoms with Crippen LogP contribution >= 0.6 is 0 Å². The molecule has 0 aliphatic rings. The second-order valence-electron chi connectivity index (χ2n) is 3.35. The fourth-order valence-electron chi connectivity index (χ4n) is 1.31. The Kier molecular flexibility index (Phi) is 3.00. The van der Waals surface area contributed by atoms with Gasteiger partial charge in [-0.2, -0.15) is 18.3 Å². The monoisotopic (exact) mass is 256 g/mol. The van der Waals surface area contributed by atoms with Crippen LogP contribution in [-0.2, 0) is 6.18 Å². The molecule has 2 heterocycles. The molecule has 0 aromatic carbocycles. The minimum Gasteiger partial charge on any atom is -0.322 e. The molecule has 2 N–H and O–H groups in total.